The lowest BCUT2D eigenvalue weighted by Gasteiger charge is -2.17. The second kappa shape index (κ2) is 5.81. The zero-order valence-electron chi connectivity index (χ0n) is 14.2. The molecule has 0 radical (unpaired) electrons. The zero-order chi connectivity index (χ0) is 19.3. The highest BCUT2D eigenvalue weighted by Gasteiger charge is 2.20. The Kier molecular flexibility index (Phi) is 3.56. The molecule has 132 valence electrons. The first-order valence-corrected chi connectivity index (χ1v) is 8.20. The largest absolute Gasteiger partial charge is 0.366 e. The summed E-state index contributed by atoms with van der Waals surface area (Å²) in [5.74, 6) is -1.78. The maximum Gasteiger partial charge on any atom is 0.249 e. The van der Waals surface area contributed by atoms with Crippen molar-refractivity contribution >= 4 is 39.3 Å². The molecule has 6 heteroatoms. The summed E-state index contributed by atoms with van der Waals surface area (Å²) in [7, 11) is 0. The number of amides is 3. The average molecular weight is 357 g/mol. The minimum atomic E-state index is -0.626. The third kappa shape index (κ3) is 2.46. The van der Waals surface area contributed by atoms with Gasteiger partial charge in [0.25, 0.3) is 0 Å². The number of hydrogen-bond donors (Lipinski definition) is 3. The molecule has 5 aromatic rings. The second-order valence-electron chi connectivity index (χ2n) is 6.34. The molecule has 27 heavy (non-hydrogen) atoms. The van der Waals surface area contributed by atoms with Crippen molar-refractivity contribution in [3.63, 3.8) is 0 Å². The lowest BCUT2D eigenvalue weighted by Crippen LogP contribution is -2.16. The van der Waals surface area contributed by atoms with Crippen LogP contribution in [0.3, 0.4) is 0 Å². The first-order chi connectivity index (χ1) is 12.9. The van der Waals surface area contributed by atoms with Gasteiger partial charge in [-0.05, 0) is 51.6 Å². The van der Waals surface area contributed by atoms with Crippen LogP contribution < -0.4 is 17.2 Å². The molecule has 0 saturated heterocycles. The van der Waals surface area contributed by atoms with Crippen LogP contribution in [0.15, 0.2) is 54.6 Å². The van der Waals surface area contributed by atoms with Gasteiger partial charge in [-0.3, -0.25) is 14.4 Å². The molecule has 0 fully saturated rings. The number of carbonyl (C=O) groups is 3. The Morgan fingerprint density at radius 1 is 0.556 bits per heavy atom. The van der Waals surface area contributed by atoms with E-state index in [1.165, 1.54) is 12.1 Å². The van der Waals surface area contributed by atoms with E-state index < -0.39 is 17.7 Å². The minimum Gasteiger partial charge on any atom is -0.366 e. The molecule has 0 saturated carbocycles. The molecule has 0 aliphatic carbocycles. The van der Waals surface area contributed by atoms with E-state index in [0.717, 1.165) is 16.2 Å². The summed E-state index contributed by atoms with van der Waals surface area (Å²) in [4.78, 5) is 35.5. The Balaban J connectivity index is 2.16. The Morgan fingerprint density at radius 2 is 1.11 bits per heavy atom. The molecule has 2 bridgehead atoms. The van der Waals surface area contributed by atoms with Gasteiger partial charge in [0.05, 0.1) is 0 Å². The molecule has 6 N–H and O–H groups in total. The van der Waals surface area contributed by atoms with Gasteiger partial charge >= 0.3 is 0 Å². The average Bonchev–Trinajstić information content (AvgIpc) is 2.67. The highest BCUT2D eigenvalue weighted by atomic mass is 16.2. The SMILES string of the molecule is NC(=O)c1ccc(C(N)=O)c(-c2ccc(C(N)=O)c3c4ccc(cc4)c23)c1. The van der Waals surface area contributed by atoms with Gasteiger partial charge < -0.3 is 17.2 Å². The lowest BCUT2D eigenvalue weighted by molar-refractivity contribution is 0.0989. The Bertz CT molecular complexity index is 1240. The predicted molar refractivity (Wildman–Crippen MR) is 104 cm³/mol. The normalized spacial score (nSPS) is 11.1. The predicted octanol–water partition coefficient (Wildman–Crippen LogP) is 2.39. The van der Waals surface area contributed by atoms with Crippen molar-refractivity contribution in [1.29, 1.82) is 0 Å². The van der Waals surface area contributed by atoms with Crippen LogP contribution in [0.2, 0.25) is 0 Å². The number of benzene rings is 5. The molecule has 0 aliphatic rings. The molecule has 0 atom stereocenters. The van der Waals surface area contributed by atoms with Crippen molar-refractivity contribution in [3.05, 3.63) is 71.3 Å². The Morgan fingerprint density at radius 3 is 1.67 bits per heavy atom. The monoisotopic (exact) mass is 357 g/mol. The van der Waals surface area contributed by atoms with Gasteiger partial charge in [0.2, 0.25) is 17.7 Å². The second-order valence-corrected chi connectivity index (χ2v) is 6.34. The van der Waals surface area contributed by atoms with Gasteiger partial charge in [-0.2, -0.15) is 0 Å². The summed E-state index contributed by atoms with van der Waals surface area (Å²) in [6, 6.07) is 15.5. The van der Waals surface area contributed by atoms with Crippen molar-refractivity contribution < 1.29 is 14.4 Å². The minimum absolute atomic E-state index is 0.257. The van der Waals surface area contributed by atoms with Gasteiger partial charge in [-0.1, -0.05) is 30.3 Å². The number of carbonyl (C=O) groups excluding carboxylic acids is 3. The topological polar surface area (TPSA) is 129 Å². The van der Waals surface area contributed by atoms with E-state index in [-0.39, 0.29) is 11.1 Å². The van der Waals surface area contributed by atoms with Crippen LogP contribution in [0, 0.1) is 0 Å². The van der Waals surface area contributed by atoms with Crippen LogP contribution in [0.5, 0.6) is 0 Å². The van der Waals surface area contributed by atoms with Crippen LogP contribution in [-0.2, 0) is 0 Å². The van der Waals surface area contributed by atoms with E-state index in [1.54, 1.807) is 18.2 Å². The van der Waals surface area contributed by atoms with Crippen LogP contribution in [0.1, 0.15) is 31.1 Å². The van der Waals surface area contributed by atoms with E-state index in [1.807, 2.05) is 24.3 Å². The van der Waals surface area contributed by atoms with Crippen molar-refractivity contribution in [2.45, 2.75) is 0 Å². The van der Waals surface area contributed by atoms with Gasteiger partial charge in [-0.25, -0.2) is 0 Å². The summed E-state index contributed by atoms with van der Waals surface area (Å²) in [5.41, 5.74) is 18.6. The highest BCUT2D eigenvalue weighted by Crippen LogP contribution is 2.39. The molecular weight excluding hydrogens is 342 g/mol. The standard InChI is InChI=1S/C21H15N3O3/c22-19(25)12-5-6-14(20(23)26)16(9-12)13-7-8-15(21(24)27)18-11-3-1-10(2-4-11)17(13)18/h1-9H,(H2,22,25)(H2,23,26)(H2,24,27). The smallest absolute Gasteiger partial charge is 0.249 e. The summed E-state index contributed by atoms with van der Waals surface area (Å²) in [6.07, 6.45) is 0. The molecule has 0 aromatic heterocycles. The van der Waals surface area contributed by atoms with Crippen molar-refractivity contribution in [2.75, 3.05) is 0 Å². The fourth-order valence-corrected chi connectivity index (χ4v) is 3.57. The molecule has 0 heterocycles. The van der Waals surface area contributed by atoms with E-state index in [4.69, 9.17) is 17.2 Å². The lowest BCUT2D eigenvalue weighted by atomic mass is 9.87. The third-order valence-electron chi connectivity index (χ3n) is 4.79. The van der Waals surface area contributed by atoms with Crippen molar-refractivity contribution in [1.82, 2.24) is 0 Å². The molecule has 6 nitrogen and oxygen atoms in total. The van der Waals surface area contributed by atoms with Crippen LogP contribution >= 0.6 is 0 Å². The number of fused-ring (bicyclic) bond motifs is 2. The van der Waals surface area contributed by atoms with E-state index >= 15 is 0 Å². The molecule has 0 unspecified atom stereocenters. The van der Waals surface area contributed by atoms with Gasteiger partial charge in [0.1, 0.15) is 0 Å². The molecule has 3 amide bonds. The van der Waals surface area contributed by atoms with Crippen LogP contribution in [0.4, 0.5) is 0 Å². The fraction of sp³-hybridized carbons (Fsp3) is 0. The maximum absolute atomic E-state index is 12.0. The van der Waals surface area contributed by atoms with E-state index in [9.17, 15) is 14.4 Å². The quantitative estimate of drug-likeness (QED) is 0.518. The summed E-state index contributed by atoms with van der Waals surface area (Å²) >= 11 is 0. The number of hydrogen-bond acceptors (Lipinski definition) is 3. The molecule has 0 spiro atoms. The maximum atomic E-state index is 12.0. The molecule has 0 aliphatic heterocycles. The molecule has 5 rings (SSSR count). The van der Waals surface area contributed by atoms with E-state index in [0.29, 0.717) is 22.1 Å². The zero-order valence-corrected chi connectivity index (χ0v) is 14.2. The van der Waals surface area contributed by atoms with Crippen LogP contribution in [-0.4, -0.2) is 17.7 Å². The molecule has 5 aromatic carbocycles. The van der Waals surface area contributed by atoms with Crippen LogP contribution in [0.25, 0.3) is 32.7 Å². The first-order valence-electron chi connectivity index (χ1n) is 8.20. The van der Waals surface area contributed by atoms with E-state index in [2.05, 4.69) is 0 Å². The third-order valence-corrected chi connectivity index (χ3v) is 4.79. The number of nitrogens with two attached hydrogens (primary N) is 3. The Hall–Kier alpha value is -3.93. The number of primary amides is 3. The van der Waals surface area contributed by atoms with Crippen molar-refractivity contribution in [2.24, 2.45) is 17.2 Å². The van der Waals surface area contributed by atoms with Gasteiger partial charge in [0, 0.05) is 22.1 Å². The Labute approximate surface area is 153 Å². The fourth-order valence-electron chi connectivity index (χ4n) is 3.57. The highest BCUT2D eigenvalue weighted by molar-refractivity contribution is 6.23. The number of rotatable bonds is 4. The van der Waals surface area contributed by atoms with Gasteiger partial charge in [-0.15, -0.1) is 0 Å². The summed E-state index contributed by atoms with van der Waals surface area (Å²) in [5, 5.41) is 3.20. The van der Waals surface area contributed by atoms with Crippen molar-refractivity contribution in [3.8, 4) is 11.1 Å². The summed E-state index contributed by atoms with van der Waals surface area (Å²) < 4.78 is 0. The summed E-state index contributed by atoms with van der Waals surface area (Å²) in [6.45, 7) is 0. The molecular formula is C21H15N3O3. The van der Waals surface area contributed by atoms with Gasteiger partial charge in [0.15, 0.2) is 0 Å². The first kappa shape index (κ1) is 16.5.